The van der Waals surface area contributed by atoms with Crippen molar-refractivity contribution in [1.29, 1.82) is 0 Å². The number of carbonyl (C=O) groups excluding carboxylic acids is 1. The maximum absolute atomic E-state index is 10.4. The predicted molar refractivity (Wildman–Crippen MR) is 53.2 cm³/mol. The first-order valence-corrected chi connectivity index (χ1v) is 4.22. The number of amides is 1. The zero-order chi connectivity index (χ0) is 11.3. The summed E-state index contributed by atoms with van der Waals surface area (Å²) in [6, 6.07) is 2.80. The standard InChI is InChI=1S/C8H10N4O3/c9-7(13)3-4-10-8-2-1-6(5-11-8)12(14)15/h1-2,5H,3-4H2,(H2,9,13)(H,10,11). The first-order valence-electron chi connectivity index (χ1n) is 4.22. The molecule has 1 heterocycles. The molecule has 7 nitrogen and oxygen atoms in total. The molecule has 1 aromatic rings. The molecule has 0 aliphatic heterocycles. The number of hydrogen-bond donors (Lipinski definition) is 2. The second kappa shape index (κ2) is 4.89. The van der Waals surface area contributed by atoms with E-state index in [0.717, 1.165) is 6.20 Å². The van der Waals surface area contributed by atoms with Crippen LogP contribution in [0.5, 0.6) is 0 Å². The molecule has 0 bridgehead atoms. The minimum Gasteiger partial charge on any atom is -0.370 e. The molecule has 0 aromatic carbocycles. The molecule has 7 heteroatoms. The van der Waals surface area contributed by atoms with Crippen LogP contribution in [0.3, 0.4) is 0 Å². The smallest absolute Gasteiger partial charge is 0.287 e. The maximum Gasteiger partial charge on any atom is 0.287 e. The van der Waals surface area contributed by atoms with Gasteiger partial charge in [0.05, 0.1) is 4.92 Å². The van der Waals surface area contributed by atoms with Gasteiger partial charge in [0, 0.05) is 19.0 Å². The Hall–Kier alpha value is -2.18. The van der Waals surface area contributed by atoms with E-state index < -0.39 is 10.8 Å². The number of pyridine rings is 1. The van der Waals surface area contributed by atoms with Gasteiger partial charge in [0.2, 0.25) is 5.91 Å². The van der Waals surface area contributed by atoms with E-state index in [9.17, 15) is 14.9 Å². The van der Waals surface area contributed by atoms with Crippen molar-refractivity contribution in [3.63, 3.8) is 0 Å². The highest BCUT2D eigenvalue weighted by atomic mass is 16.6. The maximum atomic E-state index is 10.4. The quantitative estimate of drug-likeness (QED) is 0.535. The van der Waals surface area contributed by atoms with Crippen LogP contribution in [-0.2, 0) is 4.79 Å². The molecule has 15 heavy (non-hydrogen) atoms. The molecule has 1 rings (SSSR count). The molecule has 3 N–H and O–H groups in total. The summed E-state index contributed by atoms with van der Waals surface area (Å²) in [6.07, 6.45) is 1.34. The lowest BCUT2D eigenvalue weighted by atomic mass is 10.4. The number of nitrogens with two attached hydrogens (primary N) is 1. The Morgan fingerprint density at radius 2 is 2.33 bits per heavy atom. The Bertz CT molecular complexity index is 363. The lowest BCUT2D eigenvalue weighted by molar-refractivity contribution is -0.385. The summed E-state index contributed by atoms with van der Waals surface area (Å²) in [5.74, 6) is 0.0614. The van der Waals surface area contributed by atoms with E-state index >= 15 is 0 Å². The van der Waals surface area contributed by atoms with Crippen LogP contribution in [0.1, 0.15) is 6.42 Å². The molecule has 1 aromatic heterocycles. The molecule has 0 fully saturated rings. The molecule has 0 aliphatic carbocycles. The lowest BCUT2D eigenvalue weighted by Crippen LogP contribution is -2.16. The van der Waals surface area contributed by atoms with Crippen molar-refractivity contribution >= 4 is 17.4 Å². The lowest BCUT2D eigenvalue weighted by Gasteiger charge is -2.02. The summed E-state index contributed by atoms with van der Waals surface area (Å²) in [7, 11) is 0. The Labute approximate surface area is 85.5 Å². The SMILES string of the molecule is NC(=O)CCNc1ccc([N+](=O)[O-])cn1. The van der Waals surface area contributed by atoms with Crippen LogP contribution in [0.4, 0.5) is 11.5 Å². The van der Waals surface area contributed by atoms with Gasteiger partial charge >= 0.3 is 0 Å². The van der Waals surface area contributed by atoms with Gasteiger partial charge in [0.1, 0.15) is 12.0 Å². The Morgan fingerprint density at radius 3 is 2.80 bits per heavy atom. The van der Waals surface area contributed by atoms with Gasteiger partial charge in [0.25, 0.3) is 5.69 Å². The Morgan fingerprint density at radius 1 is 1.60 bits per heavy atom. The summed E-state index contributed by atoms with van der Waals surface area (Å²) in [5, 5.41) is 13.1. The van der Waals surface area contributed by atoms with Crippen LogP contribution >= 0.6 is 0 Å². The fourth-order valence-electron chi connectivity index (χ4n) is 0.912. The molecule has 0 aliphatic rings. The van der Waals surface area contributed by atoms with E-state index in [0.29, 0.717) is 12.4 Å². The molecular weight excluding hydrogens is 200 g/mol. The van der Waals surface area contributed by atoms with Gasteiger partial charge in [-0.15, -0.1) is 0 Å². The van der Waals surface area contributed by atoms with Crippen molar-refractivity contribution in [2.75, 3.05) is 11.9 Å². The van der Waals surface area contributed by atoms with Crippen LogP contribution in [0, 0.1) is 10.1 Å². The van der Waals surface area contributed by atoms with E-state index in [1.165, 1.54) is 12.1 Å². The average Bonchev–Trinajstić information content (AvgIpc) is 2.18. The van der Waals surface area contributed by atoms with Crippen molar-refractivity contribution in [3.8, 4) is 0 Å². The third kappa shape index (κ3) is 3.59. The molecule has 0 spiro atoms. The minimum atomic E-state index is -0.528. The number of anilines is 1. The second-order valence-electron chi connectivity index (χ2n) is 2.80. The Balaban J connectivity index is 2.50. The minimum absolute atomic E-state index is 0.0737. The van der Waals surface area contributed by atoms with Crippen LogP contribution in [0.25, 0.3) is 0 Å². The van der Waals surface area contributed by atoms with Crippen molar-refractivity contribution in [2.24, 2.45) is 5.73 Å². The fraction of sp³-hybridized carbons (Fsp3) is 0.250. The van der Waals surface area contributed by atoms with Gasteiger partial charge in [-0.2, -0.15) is 0 Å². The molecule has 0 unspecified atom stereocenters. The van der Waals surface area contributed by atoms with E-state index in [2.05, 4.69) is 10.3 Å². The van der Waals surface area contributed by atoms with E-state index in [1.807, 2.05) is 0 Å². The topological polar surface area (TPSA) is 111 Å². The van der Waals surface area contributed by atoms with Crippen molar-refractivity contribution in [2.45, 2.75) is 6.42 Å². The highest BCUT2D eigenvalue weighted by Crippen LogP contribution is 2.11. The number of nitrogens with one attached hydrogen (secondary N) is 1. The third-order valence-corrected chi connectivity index (χ3v) is 1.64. The largest absolute Gasteiger partial charge is 0.370 e. The van der Waals surface area contributed by atoms with Gasteiger partial charge in [-0.05, 0) is 6.07 Å². The van der Waals surface area contributed by atoms with Gasteiger partial charge in [-0.3, -0.25) is 14.9 Å². The van der Waals surface area contributed by atoms with Crippen molar-refractivity contribution in [3.05, 3.63) is 28.4 Å². The number of nitrogens with zero attached hydrogens (tertiary/aromatic N) is 2. The zero-order valence-corrected chi connectivity index (χ0v) is 7.84. The molecular formula is C8H10N4O3. The van der Waals surface area contributed by atoms with Crippen LogP contribution < -0.4 is 11.1 Å². The number of nitro groups is 1. The van der Waals surface area contributed by atoms with Crippen molar-refractivity contribution < 1.29 is 9.72 Å². The summed E-state index contributed by atoms with van der Waals surface area (Å²) in [5.41, 5.74) is 4.86. The number of primary amides is 1. The monoisotopic (exact) mass is 210 g/mol. The van der Waals surface area contributed by atoms with E-state index in [4.69, 9.17) is 5.73 Å². The number of rotatable bonds is 5. The summed E-state index contributed by atoms with van der Waals surface area (Å²) >= 11 is 0. The highest BCUT2D eigenvalue weighted by molar-refractivity contribution is 5.74. The molecule has 0 saturated carbocycles. The zero-order valence-electron chi connectivity index (χ0n) is 7.84. The van der Waals surface area contributed by atoms with Gasteiger partial charge < -0.3 is 11.1 Å². The fourth-order valence-corrected chi connectivity index (χ4v) is 0.912. The van der Waals surface area contributed by atoms with Gasteiger partial charge in [-0.25, -0.2) is 4.98 Å². The normalized spacial score (nSPS) is 9.60. The summed E-state index contributed by atoms with van der Waals surface area (Å²) in [4.78, 5) is 24.0. The highest BCUT2D eigenvalue weighted by Gasteiger charge is 2.04. The summed E-state index contributed by atoms with van der Waals surface area (Å²) in [6.45, 7) is 0.361. The average molecular weight is 210 g/mol. The van der Waals surface area contributed by atoms with E-state index in [-0.39, 0.29) is 12.1 Å². The summed E-state index contributed by atoms with van der Waals surface area (Å²) < 4.78 is 0. The van der Waals surface area contributed by atoms with Crippen molar-refractivity contribution in [1.82, 2.24) is 4.98 Å². The molecule has 0 atom stereocenters. The Kier molecular flexibility index (Phi) is 3.55. The molecule has 1 amide bonds. The third-order valence-electron chi connectivity index (χ3n) is 1.64. The van der Waals surface area contributed by atoms with Gasteiger partial charge in [0.15, 0.2) is 0 Å². The van der Waals surface area contributed by atoms with Crippen LogP contribution in [-0.4, -0.2) is 22.4 Å². The second-order valence-corrected chi connectivity index (χ2v) is 2.80. The number of aromatic nitrogens is 1. The first-order chi connectivity index (χ1) is 7.09. The number of hydrogen-bond acceptors (Lipinski definition) is 5. The predicted octanol–water partition coefficient (Wildman–Crippen LogP) is 0.277. The van der Waals surface area contributed by atoms with E-state index in [1.54, 1.807) is 0 Å². The number of carbonyl (C=O) groups is 1. The molecule has 0 saturated heterocycles. The molecule has 0 radical (unpaired) electrons. The van der Waals surface area contributed by atoms with Crippen LogP contribution in [0.15, 0.2) is 18.3 Å². The van der Waals surface area contributed by atoms with Gasteiger partial charge in [-0.1, -0.05) is 0 Å². The van der Waals surface area contributed by atoms with Crippen LogP contribution in [0.2, 0.25) is 0 Å². The first kappa shape index (κ1) is 10.9. The molecule has 80 valence electrons.